The fraction of sp³-hybridized carbons (Fsp3) is 0.150. The van der Waals surface area contributed by atoms with Crippen LogP contribution < -0.4 is 4.90 Å². The zero-order chi connectivity index (χ0) is 21.3. The van der Waals surface area contributed by atoms with Gasteiger partial charge in [0, 0.05) is 12.1 Å². The number of aromatic nitrogens is 2. The molecule has 1 aliphatic heterocycles. The summed E-state index contributed by atoms with van der Waals surface area (Å²) in [5, 5.41) is 4.15. The van der Waals surface area contributed by atoms with E-state index >= 15 is 0 Å². The van der Waals surface area contributed by atoms with Crippen LogP contribution in [-0.4, -0.2) is 35.0 Å². The Balaban J connectivity index is 1.50. The van der Waals surface area contributed by atoms with Crippen LogP contribution in [0, 0.1) is 0 Å². The van der Waals surface area contributed by atoms with Crippen molar-refractivity contribution < 1.29 is 28.4 Å². The van der Waals surface area contributed by atoms with Crippen molar-refractivity contribution in [2.75, 3.05) is 12.0 Å². The maximum absolute atomic E-state index is 12.8. The number of esters is 1. The number of benzene rings is 2. The maximum atomic E-state index is 12.8. The standard InChI is InChI=1S/C20H14ClN3O6/c1-28-10-17-22-16(23-30-17)9-29-20(27)11-2-7-14-15(8-11)19(26)24(18(14)25)13-5-3-12(21)4-6-13/h2-8H,9-10H2,1H3. The van der Waals surface area contributed by atoms with Gasteiger partial charge >= 0.3 is 5.97 Å². The predicted molar refractivity (Wildman–Crippen MR) is 103 cm³/mol. The van der Waals surface area contributed by atoms with Crippen molar-refractivity contribution in [2.24, 2.45) is 0 Å². The Bertz CT molecular complexity index is 1140. The van der Waals surface area contributed by atoms with E-state index in [1.54, 1.807) is 24.3 Å². The molecule has 0 radical (unpaired) electrons. The summed E-state index contributed by atoms with van der Waals surface area (Å²) < 4.78 is 15.0. The van der Waals surface area contributed by atoms with Crippen molar-refractivity contribution >= 4 is 35.1 Å². The number of hydrogen-bond donors (Lipinski definition) is 0. The van der Waals surface area contributed by atoms with Gasteiger partial charge in [-0.1, -0.05) is 16.8 Å². The molecule has 0 aliphatic carbocycles. The molecular weight excluding hydrogens is 414 g/mol. The van der Waals surface area contributed by atoms with Crippen LogP contribution in [0.3, 0.4) is 0 Å². The first-order chi connectivity index (χ1) is 14.5. The minimum absolute atomic E-state index is 0.117. The summed E-state index contributed by atoms with van der Waals surface area (Å²) in [4.78, 5) is 42.9. The molecular formula is C20H14ClN3O6. The first-order valence-electron chi connectivity index (χ1n) is 8.74. The summed E-state index contributed by atoms with van der Waals surface area (Å²) in [6.45, 7) is -0.0705. The molecule has 1 aromatic heterocycles. The van der Waals surface area contributed by atoms with Crippen LogP contribution >= 0.6 is 11.6 Å². The van der Waals surface area contributed by atoms with Gasteiger partial charge in [-0.05, 0) is 42.5 Å². The Labute approximate surface area is 175 Å². The predicted octanol–water partition coefficient (Wildman–Crippen LogP) is 3.03. The first kappa shape index (κ1) is 19.7. The number of nitrogens with zero attached hydrogens (tertiary/aromatic N) is 3. The first-order valence-corrected chi connectivity index (χ1v) is 9.11. The van der Waals surface area contributed by atoms with E-state index in [9.17, 15) is 14.4 Å². The molecule has 30 heavy (non-hydrogen) atoms. The summed E-state index contributed by atoms with van der Waals surface area (Å²) in [5.74, 6) is -1.27. The number of fused-ring (bicyclic) bond motifs is 1. The lowest BCUT2D eigenvalue weighted by atomic mass is 10.1. The maximum Gasteiger partial charge on any atom is 0.338 e. The number of hydrogen-bond acceptors (Lipinski definition) is 8. The number of halogens is 1. The zero-order valence-electron chi connectivity index (χ0n) is 15.6. The lowest BCUT2D eigenvalue weighted by molar-refractivity contribution is 0.0459. The summed E-state index contributed by atoms with van der Waals surface area (Å²) in [5.41, 5.74) is 0.826. The third-order valence-corrected chi connectivity index (χ3v) is 4.57. The van der Waals surface area contributed by atoms with Crippen LogP contribution in [0.25, 0.3) is 0 Å². The van der Waals surface area contributed by atoms with Gasteiger partial charge in [0.15, 0.2) is 6.61 Å². The topological polar surface area (TPSA) is 112 Å². The van der Waals surface area contributed by atoms with E-state index < -0.39 is 17.8 Å². The van der Waals surface area contributed by atoms with Crippen molar-refractivity contribution in [1.29, 1.82) is 0 Å². The molecule has 152 valence electrons. The molecule has 0 saturated carbocycles. The highest BCUT2D eigenvalue weighted by molar-refractivity contribution is 6.35. The average Bonchev–Trinajstić information content (AvgIpc) is 3.29. The molecule has 0 spiro atoms. The van der Waals surface area contributed by atoms with E-state index in [-0.39, 0.29) is 41.6 Å². The molecule has 4 rings (SSSR count). The van der Waals surface area contributed by atoms with Gasteiger partial charge in [0.2, 0.25) is 5.82 Å². The van der Waals surface area contributed by atoms with Gasteiger partial charge in [-0.3, -0.25) is 9.59 Å². The van der Waals surface area contributed by atoms with Gasteiger partial charge in [-0.25, -0.2) is 9.69 Å². The molecule has 0 unspecified atom stereocenters. The second-order valence-electron chi connectivity index (χ2n) is 6.30. The number of rotatable bonds is 6. The Morgan fingerprint density at radius 1 is 1.07 bits per heavy atom. The average molecular weight is 428 g/mol. The van der Waals surface area contributed by atoms with Crippen molar-refractivity contribution in [3.8, 4) is 0 Å². The molecule has 0 fully saturated rings. The molecule has 0 saturated heterocycles. The van der Waals surface area contributed by atoms with Crippen LogP contribution in [0.4, 0.5) is 5.69 Å². The third kappa shape index (κ3) is 3.68. The lowest BCUT2D eigenvalue weighted by Gasteiger charge is -2.13. The molecule has 0 atom stereocenters. The summed E-state index contributed by atoms with van der Waals surface area (Å²) in [6.07, 6.45) is 0. The third-order valence-electron chi connectivity index (χ3n) is 4.32. The van der Waals surface area contributed by atoms with E-state index in [1.165, 1.54) is 25.3 Å². The molecule has 2 heterocycles. The molecule has 10 heteroatoms. The van der Waals surface area contributed by atoms with Crippen LogP contribution in [0.5, 0.6) is 0 Å². The van der Waals surface area contributed by atoms with Gasteiger partial charge in [-0.15, -0.1) is 0 Å². The summed E-state index contributed by atoms with van der Waals surface area (Å²) in [7, 11) is 1.48. The zero-order valence-corrected chi connectivity index (χ0v) is 16.4. The number of anilines is 1. The van der Waals surface area contributed by atoms with E-state index in [4.69, 9.17) is 25.6 Å². The molecule has 3 aromatic rings. The Morgan fingerprint density at radius 3 is 2.53 bits per heavy atom. The van der Waals surface area contributed by atoms with Crippen LogP contribution in [0.15, 0.2) is 47.0 Å². The number of carbonyl (C=O) groups excluding carboxylic acids is 3. The highest BCUT2D eigenvalue weighted by Crippen LogP contribution is 2.30. The normalized spacial score (nSPS) is 12.9. The van der Waals surface area contributed by atoms with Crippen LogP contribution in [0.1, 0.15) is 42.8 Å². The number of ether oxygens (including phenoxy) is 2. The van der Waals surface area contributed by atoms with Gasteiger partial charge in [0.1, 0.15) is 6.61 Å². The lowest BCUT2D eigenvalue weighted by Crippen LogP contribution is -2.29. The number of methoxy groups -OCH3 is 1. The highest BCUT2D eigenvalue weighted by Gasteiger charge is 2.37. The van der Waals surface area contributed by atoms with Gasteiger partial charge in [-0.2, -0.15) is 4.98 Å². The summed E-state index contributed by atoms with van der Waals surface area (Å²) >= 11 is 5.87. The molecule has 9 nitrogen and oxygen atoms in total. The number of imide groups is 1. The Hall–Kier alpha value is -3.56. The second kappa shape index (κ2) is 8.05. The van der Waals surface area contributed by atoms with E-state index in [1.807, 2.05) is 0 Å². The van der Waals surface area contributed by atoms with Crippen molar-refractivity contribution in [3.63, 3.8) is 0 Å². The monoisotopic (exact) mass is 427 g/mol. The molecule has 0 bridgehead atoms. The van der Waals surface area contributed by atoms with Gasteiger partial charge < -0.3 is 14.0 Å². The quantitative estimate of drug-likeness (QED) is 0.436. The van der Waals surface area contributed by atoms with Crippen molar-refractivity contribution in [2.45, 2.75) is 13.2 Å². The molecule has 0 N–H and O–H groups in total. The van der Waals surface area contributed by atoms with E-state index in [0.29, 0.717) is 10.7 Å². The van der Waals surface area contributed by atoms with Crippen molar-refractivity contribution in [3.05, 3.63) is 75.9 Å². The SMILES string of the molecule is COCc1nc(COC(=O)c2ccc3c(c2)C(=O)N(c2ccc(Cl)cc2)C3=O)no1. The fourth-order valence-electron chi connectivity index (χ4n) is 2.94. The number of carbonyl (C=O) groups is 3. The van der Waals surface area contributed by atoms with Crippen LogP contribution in [0.2, 0.25) is 5.02 Å². The minimum Gasteiger partial charge on any atom is -0.454 e. The number of amides is 2. The fourth-order valence-corrected chi connectivity index (χ4v) is 3.06. The van der Waals surface area contributed by atoms with E-state index in [2.05, 4.69) is 10.1 Å². The van der Waals surface area contributed by atoms with Crippen LogP contribution in [-0.2, 0) is 22.7 Å². The molecule has 1 aliphatic rings. The Morgan fingerprint density at radius 2 is 1.80 bits per heavy atom. The molecule has 2 amide bonds. The second-order valence-corrected chi connectivity index (χ2v) is 6.73. The minimum atomic E-state index is -0.693. The molecule has 2 aromatic carbocycles. The van der Waals surface area contributed by atoms with E-state index in [0.717, 1.165) is 4.90 Å². The highest BCUT2D eigenvalue weighted by atomic mass is 35.5. The largest absolute Gasteiger partial charge is 0.454 e. The summed E-state index contributed by atoms with van der Waals surface area (Å²) in [6, 6.07) is 10.5. The Kier molecular flexibility index (Phi) is 5.30. The van der Waals surface area contributed by atoms with Gasteiger partial charge in [0.05, 0.1) is 22.4 Å². The van der Waals surface area contributed by atoms with Gasteiger partial charge in [0.25, 0.3) is 17.7 Å². The van der Waals surface area contributed by atoms with Crippen molar-refractivity contribution in [1.82, 2.24) is 10.1 Å². The smallest absolute Gasteiger partial charge is 0.338 e.